The van der Waals surface area contributed by atoms with Crippen LogP contribution in [0.4, 0.5) is 0 Å². The van der Waals surface area contributed by atoms with Crippen molar-refractivity contribution < 1.29 is 0 Å². The molecule has 0 amide bonds. The van der Waals surface area contributed by atoms with Gasteiger partial charge in [0.05, 0.1) is 12.2 Å². The van der Waals surface area contributed by atoms with E-state index in [-0.39, 0.29) is 0 Å². The summed E-state index contributed by atoms with van der Waals surface area (Å²) in [5, 5.41) is 4.62. The minimum atomic E-state index is 0.496. The molecule has 0 aliphatic carbocycles. The van der Waals surface area contributed by atoms with Crippen LogP contribution in [0.5, 0.6) is 0 Å². The van der Waals surface area contributed by atoms with Crippen molar-refractivity contribution in [3.63, 3.8) is 0 Å². The zero-order valence-corrected chi connectivity index (χ0v) is 10.1. The fraction of sp³-hybridized carbons (Fsp3) is 0.357. The van der Waals surface area contributed by atoms with E-state index in [0.29, 0.717) is 5.92 Å². The largest absolute Gasteiger partial charge is 0.265 e. The summed E-state index contributed by atoms with van der Waals surface area (Å²) in [6.07, 6.45) is 0. The van der Waals surface area contributed by atoms with Crippen molar-refractivity contribution in [2.24, 2.45) is 0 Å². The smallest absolute Gasteiger partial charge is 0.0662 e. The Kier molecular flexibility index (Phi) is 3.09. The monoisotopic (exact) mass is 214 g/mol. The first-order valence-electron chi connectivity index (χ1n) is 5.75. The lowest BCUT2D eigenvalue weighted by Crippen LogP contribution is -2.04. The molecule has 0 N–H and O–H groups in total. The summed E-state index contributed by atoms with van der Waals surface area (Å²) < 4.78 is 2.07. The third kappa shape index (κ3) is 2.32. The number of aryl methyl sites for hydroxylation is 1. The van der Waals surface area contributed by atoms with E-state index in [0.717, 1.165) is 6.54 Å². The number of benzene rings is 1. The molecule has 2 heteroatoms. The molecule has 2 aromatic rings. The van der Waals surface area contributed by atoms with E-state index in [1.54, 1.807) is 0 Å². The summed E-state index contributed by atoms with van der Waals surface area (Å²) in [4.78, 5) is 0. The molecule has 0 unspecified atom stereocenters. The van der Waals surface area contributed by atoms with Crippen LogP contribution in [0, 0.1) is 6.92 Å². The lowest BCUT2D eigenvalue weighted by Gasteiger charge is -2.04. The molecule has 2 nitrogen and oxygen atoms in total. The molecule has 0 saturated carbocycles. The molecule has 0 radical (unpaired) electrons. The van der Waals surface area contributed by atoms with E-state index >= 15 is 0 Å². The number of hydrogen-bond donors (Lipinski definition) is 0. The number of hydrogen-bond acceptors (Lipinski definition) is 1. The summed E-state index contributed by atoms with van der Waals surface area (Å²) >= 11 is 0. The maximum Gasteiger partial charge on any atom is 0.0662 e. The average Bonchev–Trinajstić information content (AvgIpc) is 2.62. The highest BCUT2D eigenvalue weighted by Gasteiger charge is 2.07. The van der Waals surface area contributed by atoms with Crippen molar-refractivity contribution in [3.8, 4) is 0 Å². The molecule has 0 saturated heterocycles. The molecule has 0 spiro atoms. The van der Waals surface area contributed by atoms with Crippen molar-refractivity contribution in [1.29, 1.82) is 0 Å². The highest BCUT2D eigenvalue weighted by Crippen LogP contribution is 2.14. The van der Waals surface area contributed by atoms with Gasteiger partial charge in [0.25, 0.3) is 0 Å². The molecule has 1 aromatic heterocycles. The predicted octanol–water partition coefficient (Wildman–Crippen LogP) is 3.36. The van der Waals surface area contributed by atoms with E-state index in [2.05, 4.69) is 60.9 Å². The van der Waals surface area contributed by atoms with Gasteiger partial charge >= 0.3 is 0 Å². The van der Waals surface area contributed by atoms with Crippen LogP contribution in [-0.4, -0.2) is 9.78 Å². The van der Waals surface area contributed by atoms with Crippen molar-refractivity contribution in [2.45, 2.75) is 33.2 Å². The Hall–Kier alpha value is -1.57. The Morgan fingerprint density at radius 1 is 1.19 bits per heavy atom. The van der Waals surface area contributed by atoms with E-state index in [9.17, 15) is 0 Å². The molecule has 1 aromatic carbocycles. The molecule has 0 fully saturated rings. The maximum absolute atomic E-state index is 4.62. The van der Waals surface area contributed by atoms with Crippen LogP contribution in [0.1, 0.15) is 36.7 Å². The van der Waals surface area contributed by atoms with E-state index in [1.807, 2.05) is 6.07 Å². The minimum absolute atomic E-state index is 0.496. The molecule has 0 aliphatic heterocycles. The zero-order chi connectivity index (χ0) is 11.5. The van der Waals surface area contributed by atoms with Crippen LogP contribution in [0.2, 0.25) is 0 Å². The summed E-state index contributed by atoms with van der Waals surface area (Å²) in [5.74, 6) is 0.496. The van der Waals surface area contributed by atoms with Crippen LogP contribution in [0.25, 0.3) is 0 Å². The SMILES string of the molecule is Cc1cc(C(C)C)nn1Cc1ccccc1. The third-order valence-electron chi connectivity index (χ3n) is 2.77. The van der Waals surface area contributed by atoms with Crippen molar-refractivity contribution in [1.82, 2.24) is 9.78 Å². The summed E-state index contributed by atoms with van der Waals surface area (Å²) in [6.45, 7) is 7.32. The average molecular weight is 214 g/mol. The third-order valence-corrected chi connectivity index (χ3v) is 2.77. The predicted molar refractivity (Wildman–Crippen MR) is 66.6 cm³/mol. The molecule has 84 valence electrons. The van der Waals surface area contributed by atoms with Gasteiger partial charge in [-0.3, -0.25) is 4.68 Å². The first kappa shape index (κ1) is 10.9. The first-order chi connectivity index (χ1) is 7.66. The van der Waals surface area contributed by atoms with Gasteiger partial charge in [0, 0.05) is 5.69 Å². The van der Waals surface area contributed by atoms with Gasteiger partial charge in [-0.05, 0) is 24.5 Å². The number of aromatic nitrogens is 2. The van der Waals surface area contributed by atoms with Crippen LogP contribution in [0.3, 0.4) is 0 Å². The number of rotatable bonds is 3. The fourth-order valence-corrected chi connectivity index (χ4v) is 1.73. The van der Waals surface area contributed by atoms with Gasteiger partial charge in [-0.2, -0.15) is 5.10 Å². The minimum Gasteiger partial charge on any atom is -0.265 e. The van der Waals surface area contributed by atoms with E-state index in [1.165, 1.54) is 17.0 Å². The van der Waals surface area contributed by atoms with Crippen LogP contribution in [0.15, 0.2) is 36.4 Å². The molecular weight excluding hydrogens is 196 g/mol. The van der Waals surface area contributed by atoms with Gasteiger partial charge in [-0.15, -0.1) is 0 Å². The second-order valence-corrected chi connectivity index (χ2v) is 4.51. The standard InChI is InChI=1S/C14H18N2/c1-11(2)14-9-12(3)16(15-14)10-13-7-5-4-6-8-13/h4-9,11H,10H2,1-3H3. The normalized spacial score (nSPS) is 11.0. The van der Waals surface area contributed by atoms with Crippen LogP contribution < -0.4 is 0 Å². The summed E-state index contributed by atoms with van der Waals surface area (Å²) in [6, 6.07) is 12.6. The second kappa shape index (κ2) is 4.52. The maximum atomic E-state index is 4.62. The fourth-order valence-electron chi connectivity index (χ4n) is 1.73. The Morgan fingerprint density at radius 2 is 1.88 bits per heavy atom. The topological polar surface area (TPSA) is 17.8 Å². The van der Waals surface area contributed by atoms with E-state index in [4.69, 9.17) is 0 Å². The van der Waals surface area contributed by atoms with Crippen LogP contribution >= 0.6 is 0 Å². The second-order valence-electron chi connectivity index (χ2n) is 4.51. The van der Waals surface area contributed by atoms with Gasteiger partial charge in [0.15, 0.2) is 0 Å². The molecule has 0 bridgehead atoms. The highest BCUT2D eigenvalue weighted by molar-refractivity contribution is 5.18. The lowest BCUT2D eigenvalue weighted by molar-refractivity contribution is 0.641. The Bertz CT molecular complexity index is 455. The van der Waals surface area contributed by atoms with Crippen LogP contribution in [-0.2, 0) is 6.54 Å². The molecular formula is C14H18N2. The number of nitrogens with zero attached hydrogens (tertiary/aromatic N) is 2. The van der Waals surface area contributed by atoms with Gasteiger partial charge in [-0.1, -0.05) is 44.2 Å². The zero-order valence-electron chi connectivity index (χ0n) is 10.1. The molecule has 1 heterocycles. The van der Waals surface area contributed by atoms with Gasteiger partial charge in [0.2, 0.25) is 0 Å². The van der Waals surface area contributed by atoms with Gasteiger partial charge in [0.1, 0.15) is 0 Å². The molecule has 16 heavy (non-hydrogen) atoms. The molecule has 2 rings (SSSR count). The van der Waals surface area contributed by atoms with Gasteiger partial charge in [-0.25, -0.2) is 0 Å². The lowest BCUT2D eigenvalue weighted by atomic mass is 10.1. The van der Waals surface area contributed by atoms with Crippen molar-refractivity contribution in [3.05, 3.63) is 53.3 Å². The first-order valence-corrected chi connectivity index (χ1v) is 5.75. The van der Waals surface area contributed by atoms with E-state index < -0.39 is 0 Å². The molecule has 0 atom stereocenters. The Labute approximate surface area is 96.9 Å². The van der Waals surface area contributed by atoms with Gasteiger partial charge < -0.3 is 0 Å². The molecule has 0 aliphatic rings. The highest BCUT2D eigenvalue weighted by atomic mass is 15.3. The quantitative estimate of drug-likeness (QED) is 0.766. The summed E-state index contributed by atoms with van der Waals surface area (Å²) in [5.41, 5.74) is 3.70. The van der Waals surface area contributed by atoms with Crippen molar-refractivity contribution >= 4 is 0 Å². The van der Waals surface area contributed by atoms with Crippen molar-refractivity contribution in [2.75, 3.05) is 0 Å². The Morgan fingerprint density at radius 3 is 2.44 bits per heavy atom. The Balaban J connectivity index is 2.22. The summed E-state index contributed by atoms with van der Waals surface area (Å²) in [7, 11) is 0.